The van der Waals surface area contributed by atoms with E-state index in [0.29, 0.717) is 8.78 Å². The van der Waals surface area contributed by atoms with Gasteiger partial charge >= 0.3 is 0 Å². The Morgan fingerprint density at radius 1 is 1.42 bits per heavy atom. The first-order valence-corrected chi connectivity index (χ1v) is 5.38. The van der Waals surface area contributed by atoms with Gasteiger partial charge in [0.25, 0.3) is 0 Å². The molecule has 1 rings (SSSR count). The standard InChI is InChI=1S/C9H10S3/c1-7(12-9(10)11)8-5-3-2-4-6-8/h2-7H,1H3,(H,10,11). The molecule has 64 valence electrons. The Kier molecular flexibility index (Phi) is 4.12. The van der Waals surface area contributed by atoms with Crippen LogP contribution in [0.1, 0.15) is 17.7 Å². The number of thiocarbonyl (C=S) groups is 1. The lowest BCUT2D eigenvalue weighted by molar-refractivity contribution is 1.11. The summed E-state index contributed by atoms with van der Waals surface area (Å²) in [4.78, 5) is 0. The molecule has 0 aromatic heterocycles. The first kappa shape index (κ1) is 10.1. The summed E-state index contributed by atoms with van der Waals surface area (Å²) in [6.07, 6.45) is 0. The lowest BCUT2D eigenvalue weighted by Crippen LogP contribution is -1.88. The summed E-state index contributed by atoms with van der Waals surface area (Å²) in [5.74, 6) is 0. The largest absolute Gasteiger partial charge is 0.125 e. The highest BCUT2D eigenvalue weighted by Gasteiger charge is 2.05. The fourth-order valence-corrected chi connectivity index (χ4v) is 2.45. The fourth-order valence-electron chi connectivity index (χ4n) is 0.943. The van der Waals surface area contributed by atoms with Crippen LogP contribution in [0.2, 0.25) is 0 Å². The van der Waals surface area contributed by atoms with Crippen molar-refractivity contribution in [2.45, 2.75) is 12.2 Å². The van der Waals surface area contributed by atoms with Gasteiger partial charge in [0.05, 0.1) is 0 Å². The Bertz CT molecular complexity index is 256. The molecule has 0 saturated heterocycles. The van der Waals surface area contributed by atoms with Crippen LogP contribution in [0, 0.1) is 0 Å². The van der Waals surface area contributed by atoms with Crippen LogP contribution in [0.5, 0.6) is 0 Å². The third-order valence-electron chi connectivity index (χ3n) is 1.55. The van der Waals surface area contributed by atoms with E-state index in [0.717, 1.165) is 0 Å². The van der Waals surface area contributed by atoms with Gasteiger partial charge in [-0.3, -0.25) is 0 Å². The SMILES string of the molecule is CC(SC(=S)S)c1ccccc1. The summed E-state index contributed by atoms with van der Waals surface area (Å²) in [6.45, 7) is 2.13. The van der Waals surface area contributed by atoms with Crippen molar-refractivity contribution in [2.24, 2.45) is 0 Å². The number of thiol groups is 1. The topological polar surface area (TPSA) is 0 Å². The molecule has 0 fully saturated rings. The maximum atomic E-state index is 4.90. The van der Waals surface area contributed by atoms with Crippen molar-refractivity contribution in [1.82, 2.24) is 0 Å². The summed E-state index contributed by atoms with van der Waals surface area (Å²) in [5.41, 5.74) is 1.29. The van der Waals surface area contributed by atoms with Crippen molar-refractivity contribution in [3.05, 3.63) is 35.9 Å². The van der Waals surface area contributed by atoms with Gasteiger partial charge in [-0.2, -0.15) is 0 Å². The minimum Gasteiger partial charge on any atom is -0.125 e. The molecule has 0 radical (unpaired) electrons. The molecule has 0 amide bonds. The average molecular weight is 214 g/mol. The zero-order valence-electron chi connectivity index (χ0n) is 6.73. The van der Waals surface area contributed by atoms with Crippen LogP contribution < -0.4 is 0 Å². The van der Waals surface area contributed by atoms with Crippen LogP contribution in [0.25, 0.3) is 0 Å². The highest BCUT2D eigenvalue weighted by atomic mass is 32.2. The van der Waals surface area contributed by atoms with E-state index in [1.807, 2.05) is 18.2 Å². The highest BCUT2D eigenvalue weighted by Crippen LogP contribution is 2.29. The smallest absolute Gasteiger partial charge is 0.101 e. The molecule has 1 atom stereocenters. The van der Waals surface area contributed by atoms with Crippen molar-refractivity contribution < 1.29 is 0 Å². The van der Waals surface area contributed by atoms with Crippen molar-refractivity contribution in [1.29, 1.82) is 0 Å². The molecule has 1 aromatic carbocycles. The molecular formula is C9H10S3. The number of benzene rings is 1. The number of hydrogen-bond acceptors (Lipinski definition) is 2. The monoisotopic (exact) mass is 214 g/mol. The summed E-state index contributed by atoms with van der Waals surface area (Å²) in [6, 6.07) is 10.3. The molecular weight excluding hydrogens is 204 g/mol. The van der Waals surface area contributed by atoms with Crippen LogP contribution in [-0.2, 0) is 0 Å². The Morgan fingerprint density at radius 2 is 2.00 bits per heavy atom. The van der Waals surface area contributed by atoms with Crippen LogP contribution >= 0.6 is 36.6 Å². The van der Waals surface area contributed by atoms with E-state index in [1.165, 1.54) is 5.56 Å². The van der Waals surface area contributed by atoms with Crippen molar-refractivity contribution >= 4 is 40.1 Å². The Hall–Kier alpha value is 0.01000. The van der Waals surface area contributed by atoms with Crippen LogP contribution in [-0.4, -0.2) is 3.53 Å². The summed E-state index contributed by atoms with van der Waals surface area (Å²) in [7, 11) is 0. The second-order valence-corrected chi connectivity index (χ2v) is 5.51. The molecule has 0 spiro atoms. The second kappa shape index (κ2) is 4.90. The van der Waals surface area contributed by atoms with Gasteiger partial charge in [-0.1, -0.05) is 42.5 Å². The fraction of sp³-hybridized carbons (Fsp3) is 0.222. The minimum absolute atomic E-state index is 0.399. The predicted molar refractivity (Wildman–Crippen MR) is 64.0 cm³/mol. The predicted octanol–water partition coefficient (Wildman–Crippen LogP) is 3.70. The third-order valence-corrected chi connectivity index (χ3v) is 2.98. The van der Waals surface area contributed by atoms with E-state index < -0.39 is 0 Å². The Balaban J connectivity index is 2.65. The lowest BCUT2D eigenvalue weighted by atomic mass is 10.2. The quantitative estimate of drug-likeness (QED) is 0.589. The van der Waals surface area contributed by atoms with Crippen molar-refractivity contribution in [3.8, 4) is 0 Å². The van der Waals surface area contributed by atoms with E-state index in [4.69, 9.17) is 12.2 Å². The zero-order chi connectivity index (χ0) is 8.97. The Morgan fingerprint density at radius 3 is 2.50 bits per heavy atom. The van der Waals surface area contributed by atoms with Crippen molar-refractivity contribution in [2.75, 3.05) is 0 Å². The first-order valence-electron chi connectivity index (χ1n) is 3.64. The van der Waals surface area contributed by atoms with E-state index in [9.17, 15) is 0 Å². The average Bonchev–Trinajstić information content (AvgIpc) is 2.05. The van der Waals surface area contributed by atoms with E-state index in [1.54, 1.807) is 11.8 Å². The number of rotatable bonds is 2. The lowest BCUT2D eigenvalue weighted by Gasteiger charge is -2.08. The van der Waals surface area contributed by atoms with Gasteiger partial charge in [0.1, 0.15) is 3.53 Å². The van der Waals surface area contributed by atoms with Gasteiger partial charge in [-0.05, 0) is 12.5 Å². The summed E-state index contributed by atoms with van der Waals surface area (Å²) >= 11 is 10.6. The van der Waals surface area contributed by atoms with E-state index in [2.05, 4.69) is 31.7 Å². The number of thioether (sulfide) groups is 1. The normalized spacial score (nSPS) is 12.5. The van der Waals surface area contributed by atoms with Crippen LogP contribution in [0.15, 0.2) is 30.3 Å². The second-order valence-electron chi connectivity index (χ2n) is 2.44. The molecule has 3 heteroatoms. The highest BCUT2D eigenvalue weighted by molar-refractivity contribution is 8.41. The molecule has 1 aromatic rings. The summed E-state index contributed by atoms with van der Waals surface area (Å²) < 4.78 is 0.700. The molecule has 0 aliphatic carbocycles. The summed E-state index contributed by atoms with van der Waals surface area (Å²) in [5, 5.41) is 0.399. The molecule has 0 bridgehead atoms. The molecule has 12 heavy (non-hydrogen) atoms. The molecule has 0 aliphatic heterocycles. The van der Waals surface area contributed by atoms with Crippen LogP contribution in [0.4, 0.5) is 0 Å². The Labute approximate surface area is 88.2 Å². The van der Waals surface area contributed by atoms with Gasteiger partial charge in [-0.25, -0.2) is 0 Å². The van der Waals surface area contributed by atoms with Gasteiger partial charge in [0, 0.05) is 5.25 Å². The van der Waals surface area contributed by atoms with Crippen molar-refractivity contribution in [3.63, 3.8) is 0 Å². The molecule has 0 N–H and O–H groups in total. The minimum atomic E-state index is 0.399. The van der Waals surface area contributed by atoms with E-state index in [-0.39, 0.29) is 0 Å². The molecule has 1 unspecified atom stereocenters. The van der Waals surface area contributed by atoms with Gasteiger partial charge in [0.2, 0.25) is 0 Å². The maximum absolute atomic E-state index is 4.90. The van der Waals surface area contributed by atoms with Gasteiger partial charge in [0.15, 0.2) is 0 Å². The molecule has 0 heterocycles. The van der Waals surface area contributed by atoms with Gasteiger partial charge < -0.3 is 0 Å². The zero-order valence-corrected chi connectivity index (χ0v) is 9.26. The maximum Gasteiger partial charge on any atom is 0.101 e. The third kappa shape index (κ3) is 3.17. The number of hydrogen-bond donors (Lipinski definition) is 1. The van der Waals surface area contributed by atoms with Gasteiger partial charge in [-0.15, -0.1) is 24.4 Å². The van der Waals surface area contributed by atoms with E-state index >= 15 is 0 Å². The molecule has 0 nitrogen and oxygen atoms in total. The molecule has 0 saturated carbocycles. The first-order chi connectivity index (χ1) is 5.70. The molecule has 0 aliphatic rings. The van der Waals surface area contributed by atoms with Crippen LogP contribution in [0.3, 0.4) is 0 Å².